The van der Waals surface area contributed by atoms with Gasteiger partial charge in [-0.1, -0.05) is 30.8 Å². The van der Waals surface area contributed by atoms with E-state index in [1.54, 1.807) is 14.0 Å². The van der Waals surface area contributed by atoms with Crippen molar-refractivity contribution < 1.29 is 14.6 Å². The number of ether oxygens (including phenoxy) is 2. The van der Waals surface area contributed by atoms with Gasteiger partial charge in [0.15, 0.2) is 6.29 Å². The van der Waals surface area contributed by atoms with Crippen LogP contribution in [0.1, 0.15) is 26.7 Å². The molecule has 2 aromatic rings. The molecule has 0 aromatic heterocycles. The number of likely N-dealkylation sites (tertiary alicyclic amines) is 1. The minimum atomic E-state index is -0.672. The zero-order valence-electron chi connectivity index (χ0n) is 18.1. The highest BCUT2D eigenvalue weighted by molar-refractivity contribution is 7.99. The normalized spacial score (nSPS) is 19.1. The average molecular weight is 429 g/mol. The molecule has 2 aromatic carbocycles. The Morgan fingerprint density at radius 1 is 1.03 bits per heavy atom. The number of fused-ring (bicyclic) bond motifs is 2. The van der Waals surface area contributed by atoms with Crippen molar-refractivity contribution in [1.82, 2.24) is 4.90 Å². The number of methoxy groups -OCH3 is 1. The number of para-hydroxylation sites is 1. The second-order valence-electron chi connectivity index (χ2n) is 8.35. The van der Waals surface area contributed by atoms with Crippen molar-refractivity contribution in [3.8, 4) is 5.75 Å². The molecule has 4 rings (SSSR count). The topological polar surface area (TPSA) is 45.2 Å². The van der Waals surface area contributed by atoms with Crippen LogP contribution in [0.25, 0.3) is 0 Å². The van der Waals surface area contributed by atoms with Crippen molar-refractivity contribution >= 4 is 23.1 Å². The molecule has 0 saturated carbocycles. The number of anilines is 2. The van der Waals surface area contributed by atoms with Crippen LogP contribution in [0.2, 0.25) is 0 Å². The van der Waals surface area contributed by atoms with Gasteiger partial charge >= 0.3 is 0 Å². The summed E-state index contributed by atoms with van der Waals surface area (Å²) in [5.74, 6) is 1.40. The summed E-state index contributed by atoms with van der Waals surface area (Å²) < 4.78 is 11.1. The summed E-state index contributed by atoms with van der Waals surface area (Å²) in [5, 5.41) is 9.44. The third-order valence-electron chi connectivity index (χ3n) is 5.82. The average Bonchev–Trinajstić information content (AvgIpc) is 2.74. The summed E-state index contributed by atoms with van der Waals surface area (Å²) in [6, 6.07) is 15.0. The first kappa shape index (κ1) is 21.5. The van der Waals surface area contributed by atoms with Gasteiger partial charge in [0.05, 0.1) is 24.6 Å². The van der Waals surface area contributed by atoms with E-state index in [2.05, 4.69) is 53.1 Å². The second kappa shape index (κ2) is 9.60. The fourth-order valence-electron chi connectivity index (χ4n) is 4.45. The molecule has 30 heavy (non-hydrogen) atoms. The molecule has 0 aliphatic carbocycles. The van der Waals surface area contributed by atoms with E-state index in [1.807, 2.05) is 17.8 Å². The monoisotopic (exact) mass is 428 g/mol. The van der Waals surface area contributed by atoms with E-state index in [0.29, 0.717) is 5.92 Å². The largest absolute Gasteiger partial charge is 0.497 e. The molecule has 2 unspecified atom stereocenters. The van der Waals surface area contributed by atoms with Gasteiger partial charge < -0.3 is 24.4 Å². The molecule has 2 atom stereocenters. The molecule has 1 fully saturated rings. The van der Waals surface area contributed by atoms with Gasteiger partial charge in [0, 0.05) is 42.0 Å². The molecule has 2 heterocycles. The smallest absolute Gasteiger partial charge is 0.152 e. The third-order valence-corrected chi connectivity index (χ3v) is 6.95. The lowest BCUT2D eigenvalue weighted by Crippen LogP contribution is -2.42. The number of hydrogen-bond acceptors (Lipinski definition) is 6. The maximum atomic E-state index is 9.44. The maximum Gasteiger partial charge on any atom is 0.152 e. The van der Waals surface area contributed by atoms with Crippen LogP contribution in [0.3, 0.4) is 0 Å². The Morgan fingerprint density at radius 2 is 1.77 bits per heavy atom. The van der Waals surface area contributed by atoms with Crippen LogP contribution in [0.5, 0.6) is 5.75 Å². The first-order valence-corrected chi connectivity index (χ1v) is 11.6. The number of hydrogen-bond donors (Lipinski definition) is 1. The van der Waals surface area contributed by atoms with Crippen LogP contribution >= 0.6 is 11.8 Å². The fourth-order valence-corrected chi connectivity index (χ4v) is 5.53. The van der Waals surface area contributed by atoms with Gasteiger partial charge in [-0.05, 0) is 49.9 Å². The van der Waals surface area contributed by atoms with Crippen molar-refractivity contribution in [2.24, 2.45) is 5.92 Å². The first-order valence-electron chi connectivity index (χ1n) is 10.8. The van der Waals surface area contributed by atoms with Crippen molar-refractivity contribution in [3.05, 3.63) is 42.5 Å². The van der Waals surface area contributed by atoms with E-state index in [9.17, 15) is 5.11 Å². The highest BCUT2D eigenvalue weighted by Gasteiger charge is 2.27. The second-order valence-corrected chi connectivity index (χ2v) is 9.44. The number of benzene rings is 2. The molecular weight excluding hydrogens is 396 g/mol. The van der Waals surface area contributed by atoms with Gasteiger partial charge in [-0.2, -0.15) is 0 Å². The van der Waals surface area contributed by atoms with Crippen LogP contribution in [-0.2, 0) is 4.74 Å². The van der Waals surface area contributed by atoms with E-state index < -0.39 is 6.29 Å². The van der Waals surface area contributed by atoms with Crippen molar-refractivity contribution in [3.63, 3.8) is 0 Å². The molecule has 0 spiro atoms. The molecule has 162 valence electrons. The zero-order chi connectivity index (χ0) is 21.1. The lowest BCUT2D eigenvalue weighted by molar-refractivity contribution is -0.136. The predicted molar refractivity (Wildman–Crippen MR) is 122 cm³/mol. The van der Waals surface area contributed by atoms with Gasteiger partial charge in [0.25, 0.3) is 0 Å². The summed E-state index contributed by atoms with van der Waals surface area (Å²) in [6.45, 7) is 8.10. The standard InChI is InChI=1S/C24H32N2O3S/c1-17(15-25-12-10-19(11-13-25)29-18(2)27)16-26-21-6-4-5-7-23(21)30-24-9-8-20(28-3)14-22(24)26/h4-9,14,17-19,27H,10-13,15-16H2,1-3H3. The number of aliphatic hydroxyl groups is 1. The molecule has 0 bridgehead atoms. The molecule has 2 aliphatic heterocycles. The lowest BCUT2D eigenvalue weighted by Gasteiger charge is -2.37. The summed E-state index contributed by atoms with van der Waals surface area (Å²) in [7, 11) is 1.73. The number of nitrogens with zero attached hydrogens (tertiary/aromatic N) is 2. The highest BCUT2D eigenvalue weighted by Crippen LogP contribution is 2.49. The molecule has 1 saturated heterocycles. The lowest BCUT2D eigenvalue weighted by atomic mass is 10.0. The Balaban J connectivity index is 1.45. The van der Waals surface area contributed by atoms with Crippen molar-refractivity contribution in [1.29, 1.82) is 0 Å². The zero-order valence-corrected chi connectivity index (χ0v) is 18.9. The van der Waals surface area contributed by atoms with Gasteiger partial charge in [0.1, 0.15) is 5.75 Å². The summed E-state index contributed by atoms with van der Waals surface area (Å²) in [4.78, 5) is 7.57. The van der Waals surface area contributed by atoms with E-state index in [0.717, 1.165) is 44.8 Å². The Hall–Kier alpha value is -1.73. The number of rotatable bonds is 7. The summed E-state index contributed by atoms with van der Waals surface area (Å²) in [6.07, 6.45) is 1.48. The minimum absolute atomic E-state index is 0.182. The Bertz CT molecular complexity index is 852. The van der Waals surface area contributed by atoms with Crippen molar-refractivity contribution in [2.75, 3.05) is 38.2 Å². The third kappa shape index (κ3) is 4.94. The summed E-state index contributed by atoms with van der Waals surface area (Å²) >= 11 is 1.83. The van der Waals surface area contributed by atoms with Crippen LogP contribution in [0, 0.1) is 5.92 Å². The first-order chi connectivity index (χ1) is 14.5. The fraction of sp³-hybridized carbons (Fsp3) is 0.500. The van der Waals surface area contributed by atoms with Gasteiger partial charge in [-0.3, -0.25) is 0 Å². The highest BCUT2D eigenvalue weighted by atomic mass is 32.2. The predicted octanol–water partition coefficient (Wildman–Crippen LogP) is 4.75. The van der Waals surface area contributed by atoms with Gasteiger partial charge in [-0.15, -0.1) is 0 Å². The Labute approximate surface area is 184 Å². The Morgan fingerprint density at radius 3 is 2.50 bits per heavy atom. The SMILES string of the molecule is COc1ccc2c(c1)N(CC(C)CN1CCC(OC(C)O)CC1)c1ccccc1S2. The van der Waals surface area contributed by atoms with Crippen molar-refractivity contribution in [2.45, 2.75) is 48.9 Å². The van der Waals surface area contributed by atoms with Gasteiger partial charge in [-0.25, -0.2) is 0 Å². The number of piperidine rings is 1. The molecule has 2 aliphatic rings. The summed E-state index contributed by atoms with van der Waals surface area (Å²) in [5.41, 5.74) is 2.51. The van der Waals surface area contributed by atoms with Gasteiger partial charge in [0.2, 0.25) is 0 Å². The van der Waals surface area contributed by atoms with E-state index in [4.69, 9.17) is 9.47 Å². The van der Waals surface area contributed by atoms with Crippen LogP contribution in [0.4, 0.5) is 11.4 Å². The van der Waals surface area contributed by atoms with E-state index >= 15 is 0 Å². The quantitative estimate of drug-likeness (QED) is 0.642. The van der Waals surface area contributed by atoms with Crippen LogP contribution in [-0.4, -0.2) is 55.7 Å². The van der Waals surface area contributed by atoms with Crippen LogP contribution in [0.15, 0.2) is 52.3 Å². The van der Waals surface area contributed by atoms with E-state index in [-0.39, 0.29) is 6.10 Å². The maximum absolute atomic E-state index is 9.44. The molecular formula is C24H32N2O3S. The van der Waals surface area contributed by atoms with E-state index in [1.165, 1.54) is 21.2 Å². The van der Waals surface area contributed by atoms with Crippen LogP contribution < -0.4 is 9.64 Å². The molecule has 0 amide bonds. The Kier molecular flexibility index (Phi) is 6.88. The molecule has 5 nitrogen and oxygen atoms in total. The minimum Gasteiger partial charge on any atom is -0.497 e. The molecule has 0 radical (unpaired) electrons. The molecule has 1 N–H and O–H groups in total. The molecule has 6 heteroatoms. The number of aliphatic hydroxyl groups excluding tert-OH is 1.